The number of hydrogen-bond donors (Lipinski definition) is 0. The molecule has 1 aromatic rings. The van der Waals surface area contributed by atoms with Crippen LogP contribution in [-0.4, -0.2) is 44.0 Å². The van der Waals surface area contributed by atoms with Gasteiger partial charge in [0.25, 0.3) is 0 Å². The summed E-state index contributed by atoms with van der Waals surface area (Å²) in [6.07, 6.45) is 4.21. The van der Waals surface area contributed by atoms with Gasteiger partial charge < -0.3 is 9.64 Å². The minimum absolute atomic E-state index is 0.0758. The van der Waals surface area contributed by atoms with Crippen molar-refractivity contribution in [2.45, 2.75) is 39.2 Å². The molecule has 0 N–H and O–H groups in total. The van der Waals surface area contributed by atoms with Crippen LogP contribution in [0.2, 0.25) is 0 Å². The predicted molar refractivity (Wildman–Crippen MR) is 89.6 cm³/mol. The number of ether oxygens (including phenoxy) is 1. The monoisotopic (exact) mass is 288 g/mol. The Hall–Kier alpha value is -1.19. The molecule has 0 aromatic heterocycles. The second-order valence-electron chi connectivity index (χ2n) is 7.23. The van der Waals surface area contributed by atoms with E-state index in [1.807, 2.05) is 0 Å². The van der Waals surface area contributed by atoms with Crippen LogP contribution in [0, 0.1) is 12.3 Å². The Bertz CT molecular complexity index is 490. The van der Waals surface area contributed by atoms with Gasteiger partial charge in [-0.2, -0.15) is 0 Å². The third kappa shape index (κ3) is 4.65. The van der Waals surface area contributed by atoms with Crippen LogP contribution in [0.15, 0.2) is 29.3 Å². The van der Waals surface area contributed by atoms with Crippen molar-refractivity contribution < 1.29 is 4.74 Å². The molecule has 0 aliphatic carbocycles. The minimum atomic E-state index is -0.0758. The number of rotatable bonds is 4. The first-order valence-corrected chi connectivity index (χ1v) is 7.71. The highest BCUT2D eigenvalue weighted by Crippen LogP contribution is 2.38. The fourth-order valence-electron chi connectivity index (χ4n) is 3.28. The van der Waals surface area contributed by atoms with Crippen LogP contribution in [0.4, 0.5) is 5.69 Å². The van der Waals surface area contributed by atoms with Crippen LogP contribution < -0.4 is 0 Å². The van der Waals surface area contributed by atoms with Crippen LogP contribution in [0.3, 0.4) is 0 Å². The van der Waals surface area contributed by atoms with E-state index in [-0.39, 0.29) is 11.0 Å². The molecule has 1 saturated heterocycles. The van der Waals surface area contributed by atoms with Crippen molar-refractivity contribution in [1.29, 1.82) is 0 Å². The molecule has 1 atom stereocenters. The number of nitrogens with zero attached hydrogens (tertiary/aromatic N) is 2. The lowest BCUT2D eigenvalue weighted by atomic mass is 9.74. The van der Waals surface area contributed by atoms with Gasteiger partial charge >= 0.3 is 0 Å². The van der Waals surface area contributed by atoms with Crippen molar-refractivity contribution in [2.24, 2.45) is 10.4 Å². The van der Waals surface area contributed by atoms with E-state index in [0.29, 0.717) is 0 Å². The number of aryl methyl sites for hydroxylation is 1. The van der Waals surface area contributed by atoms with Gasteiger partial charge in [0.2, 0.25) is 0 Å². The van der Waals surface area contributed by atoms with Gasteiger partial charge in [-0.25, -0.2) is 0 Å². The Morgan fingerprint density at radius 1 is 1.24 bits per heavy atom. The first kappa shape index (κ1) is 16.2. The molecule has 116 valence electrons. The standard InChI is InChI=1S/C18H28N2O/c1-15-6-8-16(9-7-15)19-13-18(14-20(4)5)10-11-21-17(2,3)12-18/h6-9,13H,10-12,14H2,1-5H3/t18-/m1/s1. The highest BCUT2D eigenvalue weighted by atomic mass is 16.5. The topological polar surface area (TPSA) is 24.8 Å². The quantitative estimate of drug-likeness (QED) is 0.787. The summed E-state index contributed by atoms with van der Waals surface area (Å²) in [5, 5.41) is 0. The van der Waals surface area contributed by atoms with Crippen molar-refractivity contribution in [3.63, 3.8) is 0 Å². The lowest BCUT2D eigenvalue weighted by Crippen LogP contribution is -2.47. The first-order chi connectivity index (χ1) is 9.80. The van der Waals surface area contributed by atoms with E-state index in [9.17, 15) is 0 Å². The second kappa shape index (κ2) is 6.29. The molecular formula is C18H28N2O. The molecule has 0 radical (unpaired) electrons. The molecule has 0 amide bonds. The Morgan fingerprint density at radius 2 is 1.90 bits per heavy atom. The third-order valence-electron chi connectivity index (χ3n) is 4.02. The molecular weight excluding hydrogens is 260 g/mol. The van der Waals surface area contributed by atoms with Crippen LogP contribution in [0.1, 0.15) is 32.3 Å². The smallest absolute Gasteiger partial charge is 0.0635 e. The van der Waals surface area contributed by atoms with Gasteiger partial charge in [-0.1, -0.05) is 17.7 Å². The van der Waals surface area contributed by atoms with Gasteiger partial charge in [0, 0.05) is 24.8 Å². The van der Waals surface area contributed by atoms with Gasteiger partial charge in [-0.3, -0.25) is 4.99 Å². The van der Waals surface area contributed by atoms with Crippen molar-refractivity contribution in [3.8, 4) is 0 Å². The van der Waals surface area contributed by atoms with E-state index in [0.717, 1.165) is 31.7 Å². The number of benzene rings is 1. The molecule has 0 unspecified atom stereocenters. The lowest BCUT2D eigenvalue weighted by molar-refractivity contribution is -0.0886. The molecule has 1 heterocycles. The Labute approximate surface area is 129 Å². The predicted octanol–water partition coefficient (Wildman–Crippen LogP) is 3.83. The molecule has 21 heavy (non-hydrogen) atoms. The van der Waals surface area contributed by atoms with Gasteiger partial charge in [-0.05, 0) is 59.8 Å². The van der Waals surface area contributed by atoms with Gasteiger partial charge in [0.15, 0.2) is 0 Å². The molecule has 1 fully saturated rings. The van der Waals surface area contributed by atoms with E-state index >= 15 is 0 Å². The Morgan fingerprint density at radius 3 is 2.48 bits per heavy atom. The molecule has 1 aromatic carbocycles. The molecule has 1 aliphatic heterocycles. The lowest BCUT2D eigenvalue weighted by Gasteiger charge is -2.44. The zero-order valence-corrected chi connectivity index (χ0v) is 14.0. The van der Waals surface area contributed by atoms with Crippen molar-refractivity contribution in [2.75, 3.05) is 27.2 Å². The normalized spacial score (nSPS) is 25.6. The highest BCUT2D eigenvalue weighted by molar-refractivity contribution is 5.70. The van der Waals surface area contributed by atoms with Crippen LogP contribution >= 0.6 is 0 Å². The molecule has 2 rings (SSSR count). The summed E-state index contributed by atoms with van der Waals surface area (Å²) in [6.45, 7) is 8.27. The first-order valence-electron chi connectivity index (χ1n) is 7.71. The number of hydrogen-bond acceptors (Lipinski definition) is 3. The van der Waals surface area contributed by atoms with Crippen LogP contribution in [0.5, 0.6) is 0 Å². The molecule has 0 spiro atoms. The summed E-state index contributed by atoms with van der Waals surface area (Å²) in [4.78, 5) is 7.01. The summed E-state index contributed by atoms with van der Waals surface area (Å²) in [6, 6.07) is 8.39. The average molecular weight is 288 g/mol. The molecule has 0 saturated carbocycles. The van der Waals surface area contributed by atoms with Crippen molar-refractivity contribution in [1.82, 2.24) is 4.90 Å². The van der Waals surface area contributed by atoms with Gasteiger partial charge in [0.05, 0.1) is 11.3 Å². The average Bonchev–Trinajstić information content (AvgIpc) is 2.36. The van der Waals surface area contributed by atoms with E-state index in [2.05, 4.69) is 70.2 Å². The summed E-state index contributed by atoms with van der Waals surface area (Å²) < 4.78 is 5.89. The summed E-state index contributed by atoms with van der Waals surface area (Å²) in [5.41, 5.74) is 2.32. The fraction of sp³-hybridized carbons (Fsp3) is 0.611. The summed E-state index contributed by atoms with van der Waals surface area (Å²) in [7, 11) is 4.26. The molecule has 1 aliphatic rings. The van der Waals surface area contributed by atoms with E-state index in [1.54, 1.807) is 0 Å². The zero-order valence-electron chi connectivity index (χ0n) is 14.0. The largest absolute Gasteiger partial charge is 0.376 e. The Kier molecular flexibility index (Phi) is 4.84. The van der Waals surface area contributed by atoms with E-state index in [1.165, 1.54) is 5.56 Å². The number of aliphatic imine (C=N–C) groups is 1. The van der Waals surface area contributed by atoms with Crippen LogP contribution in [-0.2, 0) is 4.74 Å². The SMILES string of the molecule is Cc1ccc(N=C[C@@]2(CN(C)C)CCOC(C)(C)C2)cc1. The molecule has 3 heteroatoms. The molecule has 0 bridgehead atoms. The van der Waals surface area contributed by atoms with E-state index < -0.39 is 0 Å². The molecule has 3 nitrogen and oxygen atoms in total. The second-order valence-corrected chi connectivity index (χ2v) is 7.23. The van der Waals surface area contributed by atoms with Crippen LogP contribution in [0.25, 0.3) is 0 Å². The summed E-state index contributed by atoms with van der Waals surface area (Å²) in [5.74, 6) is 0. The third-order valence-corrected chi connectivity index (χ3v) is 4.02. The van der Waals surface area contributed by atoms with Gasteiger partial charge in [-0.15, -0.1) is 0 Å². The maximum atomic E-state index is 5.89. The zero-order chi connectivity index (χ0) is 15.5. The maximum Gasteiger partial charge on any atom is 0.0635 e. The Balaban J connectivity index is 2.21. The van der Waals surface area contributed by atoms with Crippen molar-refractivity contribution in [3.05, 3.63) is 29.8 Å². The van der Waals surface area contributed by atoms with Gasteiger partial charge in [0.1, 0.15) is 0 Å². The summed E-state index contributed by atoms with van der Waals surface area (Å²) >= 11 is 0. The van der Waals surface area contributed by atoms with Crippen molar-refractivity contribution >= 4 is 11.9 Å². The minimum Gasteiger partial charge on any atom is -0.376 e. The fourth-order valence-corrected chi connectivity index (χ4v) is 3.28. The van der Waals surface area contributed by atoms with E-state index in [4.69, 9.17) is 9.73 Å². The maximum absolute atomic E-state index is 5.89. The highest BCUT2D eigenvalue weighted by Gasteiger charge is 2.40.